The van der Waals surface area contributed by atoms with Gasteiger partial charge in [0.2, 0.25) is 0 Å². The van der Waals surface area contributed by atoms with Crippen molar-refractivity contribution in [2.75, 3.05) is 0 Å². The second-order valence-electron chi connectivity index (χ2n) is 5.69. The first-order valence-electron chi connectivity index (χ1n) is 6.50. The van der Waals surface area contributed by atoms with E-state index in [1.54, 1.807) is 0 Å². The molecule has 1 aromatic carbocycles. The first kappa shape index (κ1) is 14.4. The molecule has 2 unspecified atom stereocenters. The topological polar surface area (TPSA) is 80.4 Å². The molecule has 0 aliphatic heterocycles. The highest BCUT2D eigenvalue weighted by molar-refractivity contribution is 5.75. The van der Waals surface area contributed by atoms with Crippen molar-refractivity contribution < 1.29 is 19.2 Å². The summed E-state index contributed by atoms with van der Waals surface area (Å²) in [6.45, 7) is 1.98. The largest absolute Gasteiger partial charge is 0.481 e. The number of benzene rings is 1. The van der Waals surface area contributed by atoms with Crippen LogP contribution in [0.15, 0.2) is 18.2 Å². The van der Waals surface area contributed by atoms with Gasteiger partial charge in [-0.1, -0.05) is 6.92 Å². The van der Waals surface area contributed by atoms with Gasteiger partial charge in [-0.25, -0.2) is 4.39 Å². The van der Waals surface area contributed by atoms with Gasteiger partial charge in [0.05, 0.1) is 16.4 Å². The van der Waals surface area contributed by atoms with Crippen LogP contribution in [0.1, 0.15) is 31.7 Å². The molecule has 5 nitrogen and oxygen atoms in total. The SMILES string of the molecule is CC1CCC(Cc2cc(F)cc([N+](=O)[O-])c2)(C(=O)O)C1. The monoisotopic (exact) mass is 281 g/mol. The van der Waals surface area contributed by atoms with Crippen LogP contribution in [0, 0.1) is 27.3 Å². The second kappa shape index (κ2) is 5.19. The van der Waals surface area contributed by atoms with E-state index < -0.39 is 22.1 Å². The number of hydrogen-bond donors (Lipinski definition) is 1. The summed E-state index contributed by atoms with van der Waals surface area (Å²) >= 11 is 0. The van der Waals surface area contributed by atoms with Gasteiger partial charge in [0.15, 0.2) is 0 Å². The number of rotatable bonds is 4. The van der Waals surface area contributed by atoms with Crippen molar-refractivity contribution in [3.8, 4) is 0 Å². The Morgan fingerprint density at radius 1 is 1.55 bits per heavy atom. The quantitative estimate of drug-likeness (QED) is 0.679. The molecule has 1 N–H and O–H groups in total. The lowest BCUT2D eigenvalue weighted by atomic mass is 9.79. The van der Waals surface area contributed by atoms with Crippen molar-refractivity contribution in [3.05, 3.63) is 39.7 Å². The molecule has 6 heteroatoms. The Balaban J connectivity index is 2.32. The molecule has 0 bridgehead atoms. The van der Waals surface area contributed by atoms with E-state index in [1.807, 2.05) is 6.92 Å². The molecule has 0 aromatic heterocycles. The van der Waals surface area contributed by atoms with Crippen molar-refractivity contribution in [2.45, 2.75) is 32.6 Å². The fraction of sp³-hybridized carbons (Fsp3) is 0.500. The Kier molecular flexibility index (Phi) is 3.74. The number of hydrogen-bond acceptors (Lipinski definition) is 3. The molecule has 108 valence electrons. The maximum absolute atomic E-state index is 13.4. The Bertz CT molecular complexity index is 560. The molecule has 0 radical (unpaired) electrons. The van der Waals surface area contributed by atoms with Gasteiger partial charge in [0.1, 0.15) is 5.82 Å². The molecule has 1 saturated carbocycles. The first-order valence-corrected chi connectivity index (χ1v) is 6.50. The Hall–Kier alpha value is -1.98. The summed E-state index contributed by atoms with van der Waals surface area (Å²) < 4.78 is 13.4. The number of non-ortho nitro benzene ring substituents is 1. The minimum Gasteiger partial charge on any atom is -0.481 e. The van der Waals surface area contributed by atoms with Gasteiger partial charge in [-0.3, -0.25) is 14.9 Å². The van der Waals surface area contributed by atoms with Gasteiger partial charge < -0.3 is 5.11 Å². The minimum absolute atomic E-state index is 0.130. The number of aliphatic carboxylic acids is 1. The van der Waals surface area contributed by atoms with Crippen LogP contribution >= 0.6 is 0 Å². The minimum atomic E-state index is -0.929. The normalized spacial score (nSPS) is 25.6. The van der Waals surface area contributed by atoms with Crippen molar-refractivity contribution in [2.24, 2.45) is 11.3 Å². The number of nitro groups is 1. The summed E-state index contributed by atoms with van der Waals surface area (Å²) in [6, 6.07) is 3.28. The number of nitrogens with zero attached hydrogens (tertiary/aromatic N) is 1. The fourth-order valence-electron chi connectivity index (χ4n) is 3.06. The van der Waals surface area contributed by atoms with Gasteiger partial charge in [-0.15, -0.1) is 0 Å². The molecule has 20 heavy (non-hydrogen) atoms. The standard InChI is InChI=1S/C14H16FNO4/c1-9-2-3-14(7-9,13(17)18)8-10-4-11(15)6-12(5-10)16(19)20/h4-6,9H,2-3,7-8H2,1H3,(H,17,18). The number of halogens is 1. The van der Waals surface area contributed by atoms with Gasteiger partial charge in [0.25, 0.3) is 5.69 Å². The lowest BCUT2D eigenvalue weighted by molar-refractivity contribution is -0.385. The smallest absolute Gasteiger partial charge is 0.309 e. The van der Waals surface area contributed by atoms with Crippen molar-refractivity contribution in [1.82, 2.24) is 0 Å². The van der Waals surface area contributed by atoms with Crippen molar-refractivity contribution >= 4 is 11.7 Å². The molecule has 2 atom stereocenters. The zero-order chi connectivity index (χ0) is 14.9. The molecule has 1 aromatic rings. The van der Waals surface area contributed by atoms with Gasteiger partial charge in [-0.05, 0) is 43.2 Å². The summed E-state index contributed by atoms with van der Waals surface area (Å²) in [7, 11) is 0. The van der Waals surface area contributed by atoms with Crippen LogP contribution in [0.3, 0.4) is 0 Å². The Morgan fingerprint density at radius 3 is 2.75 bits per heavy atom. The third-order valence-corrected chi connectivity index (χ3v) is 4.00. The van der Waals surface area contributed by atoms with Crippen LogP contribution in [0.25, 0.3) is 0 Å². The highest BCUT2D eigenvalue weighted by Gasteiger charge is 2.44. The van der Waals surface area contributed by atoms with E-state index in [0.717, 1.165) is 12.5 Å². The third-order valence-electron chi connectivity index (χ3n) is 4.00. The zero-order valence-corrected chi connectivity index (χ0v) is 11.1. The van der Waals surface area contributed by atoms with E-state index >= 15 is 0 Å². The van der Waals surface area contributed by atoms with Crippen LogP contribution in [0.4, 0.5) is 10.1 Å². The number of carbonyl (C=O) groups is 1. The molecular formula is C14H16FNO4. The number of carboxylic acids is 1. The molecule has 0 amide bonds. The van der Waals surface area contributed by atoms with E-state index in [2.05, 4.69) is 0 Å². The lowest BCUT2D eigenvalue weighted by Gasteiger charge is -2.24. The summed E-state index contributed by atoms with van der Waals surface area (Å²) in [4.78, 5) is 21.6. The average Bonchev–Trinajstić information content (AvgIpc) is 2.71. The van der Waals surface area contributed by atoms with Gasteiger partial charge >= 0.3 is 5.97 Å². The molecule has 0 saturated heterocycles. The Morgan fingerprint density at radius 2 is 2.25 bits per heavy atom. The van der Waals surface area contributed by atoms with E-state index in [9.17, 15) is 24.4 Å². The molecule has 1 aliphatic carbocycles. The van der Waals surface area contributed by atoms with E-state index in [0.29, 0.717) is 24.3 Å². The predicted molar refractivity (Wildman–Crippen MR) is 69.8 cm³/mol. The summed E-state index contributed by atoms with van der Waals surface area (Å²) in [6.07, 6.45) is 1.98. The zero-order valence-electron chi connectivity index (χ0n) is 11.1. The Labute approximate surface area is 115 Å². The summed E-state index contributed by atoms with van der Waals surface area (Å²) in [5.74, 6) is -1.32. The van der Waals surface area contributed by atoms with E-state index in [1.165, 1.54) is 12.1 Å². The second-order valence-corrected chi connectivity index (χ2v) is 5.69. The number of nitro benzene ring substituents is 1. The third kappa shape index (κ3) is 2.79. The fourth-order valence-corrected chi connectivity index (χ4v) is 3.06. The highest BCUT2D eigenvalue weighted by Crippen LogP contribution is 2.44. The molecule has 1 aliphatic rings. The van der Waals surface area contributed by atoms with Crippen LogP contribution in [0.5, 0.6) is 0 Å². The van der Waals surface area contributed by atoms with E-state index in [-0.39, 0.29) is 12.1 Å². The molecule has 2 rings (SSSR count). The molecular weight excluding hydrogens is 265 g/mol. The average molecular weight is 281 g/mol. The summed E-state index contributed by atoms with van der Waals surface area (Å²) in [5, 5.41) is 20.2. The maximum atomic E-state index is 13.4. The first-order chi connectivity index (χ1) is 9.32. The highest BCUT2D eigenvalue weighted by atomic mass is 19.1. The molecule has 1 fully saturated rings. The predicted octanol–water partition coefficient (Wildman–Crippen LogP) is 3.17. The van der Waals surface area contributed by atoms with Crippen LogP contribution in [-0.4, -0.2) is 16.0 Å². The lowest BCUT2D eigenvalue weighted by Crippen LogP contribution is -2.30. The van der Waals surface area contributed by atoms with Crippen LogP contribution in [0.2, 0.25) is 0 Å². The van der Waals surface area contributed by atoms with E-state index in [4.69, 9.17) is 0 Å². The van der Waals surface area contributed by atoms with Crippen molar-refractivity contribution in [1.29, 1.82) is 0 Å². The summed E-state index contributed by atoms with van der Waals surface area (Å²) in [5.41, 5.74) is -0.902. The van der Waals surface area contributed by atoms with Crippen molar-refractivity contribution in [3.63, 3.8) is 0 Å². The molecule has 0 spiro atoms. The maximum Gasteiger partial charge on any atom is 0.309 e. The number of carboxylic acid groups (broad SMARTS) is 1. The van der Waals surface area contributed by atoms with Gasteiger partial charge in [0, 0.05) is 6.07 Å². The molecule has 0 heterocycles. The van der Waals surface area contributed by atoms with Crippen LogP contribution in [-0.2, 0) is 11.2 Å². The van der Waals surface area contributed by atoms with Crippen LogP contribution < -0.4 is 0 Å². The van der Waals surface area contributed by atoms with Gasteiger partial charge in [-0.2, -0.15) is 0 Å².